The number of rotatable bonds is 8. The minimum absolute atomic E-state index is 0.0802. The van der Waals surface area contributed by atoms with Crippen LogP contribution < -0.4 is 25.3 Å². The van der Waals surface area contributed by atoms with Crippen molar-refractivity contribution < 1.29 is 24.1 Å². The third-order valence-corrected chi connectivity index (χ3v) is 2.93. The number of hydrogen-bond acceptors (Lipinski definition) is 6. The summed E-state index contributed by atoms with van der Waals surface area (Å²) in [6.45, 7) is 0.907. The smallest absolute Gasteiger partial charge is 0.231 e. The maximum absolute atomic E-state index is 11.4. The fourth-order valence-electron chi connectivity index (χ4n) is 1.80. The normalized spacial score (nSPS) is 13.8. The molecule has 0 saturated carbocycles. The lowest BCUT2D eigenvalue weighted by Crippen LogP contribution is -2.35. The van der Waals surface area contributed by atoms with Gasteiger partial charge in [0.15, 0.2) is 11.5 Å². The molecule has 0 aliphatic carbocycles. The summed E-state index contributed by atoms with van der Waals surface area (Å²) in [4.78, 5) is 11.4. The molecule has 4 N–H and O–H groups in total. The SMILES string of the molecule is NCCCC(=O)NCC(O)COc1ccc2c(c1)OCO2. The summed E-state index contributed by atoms with van der Waals surface area (Å²) in [5, 5.41) is 12.4. The molecule has 0 radical (unpaired) electrons. The van der Waals surface area contributed by atoms with Crippen molar-refractivity contribution in [2.45, 2.75) is 18.9 Å². The quantitative estimate of drug-likeness (QED) is 0.624. The van der Waals surface area contributed by atoms with Gasteiger partial charge in [-0.15, -0.1) is 0 Å². The fraction of sp³-hybridized carbons (Fsp3) is 0.500. The van der Waals surface area contributed by atoms with Crippen LogP contribution in [-0.2, 0) is 4.79 Å². The van der Waals surface area contributed by atoms with Gasteiger partial charge in [0, 0.05) is 19.0 Å². The maximum Gasteiger partial charge on any atom is 0.231 e. The van der Waals surface area contributed by atoms with Crippen LogP contribution in [0.3, 0.4) is 0 Å². The van der Waals surface area contributed by atoms with Crippen LogP contribution >= 0.6 is 0 Å². The zero-order chi connectivity index (χ0) is 15.1. The van der Waals surface area contributed by atoms with Gasteiger partial charge in [0.2, 0.25) is 12.7 Å². The number of nitrogens with two attached hydrogens (primary N) is 1. The molecule has 1 aliphatic rings. The van der Waals surface area contributed by atoms with Crippen molar-refractivity contribution in [3.05, 3.63) is 18.2 Å². The first kappa shape index (κ1) is 15.4. The number of benzene rings is 1. The van der Waals surface area contributed by atoms with Crippen LogP contribution in [0.2, 0.25) is 0 Å². The van der Waals surface area contributed by atoms with Crippen molar-refractivity contribution in [2.75, 3.05) is 26.5 Å². The third-order valence-electron chi connectivity index (χ3n) is 2.93. The maximum atomic E-state index is 11.4. The molecule has 1 unspecified atom stereocenters. The van der Waals surface area contributed by atoms with Crippen LogP contribution in [-0.4, -0.2) is 43.6 Å². The van der Waals surface area contributed by atoms with E-state index in [1.54, 1.807) is 18.2 Å². The van der Waals surface area contributed by atoms with Crippen LogP contribution in [0, 0.1) is 0 Å². The zero-order valence-corrected chi connectivity index (χ0v) is 11.7. The summed E-state index contributed by atoms with van der Waals surface area (Å²) in [7, 11) is 0. The van der Waals surface area contributed by atoms with Gasteiger partial charge < -0.3 is 30.4 Å². The first-order valence-electron chi connectivity index (χ1n) is 6.86. The van der Waals surface area contributed by atoms with Crippen molar-refractivity contribution in [1.29, 1.82) is 0 Å². The molecule has 21 heavy (non-hydrogen) atoms. The highest BCUT2D eigenvalue weighted by atomic mass is 16.7. The second-order valence-electron chi connectivity index (χ2n) is 4.68. The second-order valence-corrected chi connectivity index (χ2v) is 4.68. The number of fused-ring (bicyclic) bond motifs is 1. The number of hydrogen-bond donors (Lipinski definition) is 3. The monoisotopic (exact) mass is 296 g/mol. The molecular formula is C14H20N2O5. The Kier molecular flexibility index (Phi) is 5.65. The fourth-order valence-corrected chi connectivity index (χ4v) is 1.80. The van der Waals surface area contributed by atoms with Gasteiger partial charge in [-0.1, -0.05) is 0 Å². The molecule has 0 saturated heterocycles. The summed E-state index contributed by atoms with van der Waals surface area (Å²) < 4.78 is 15.9. The molecule has 0 aromatic heterocycles. The number of ether oxygens (including phenoxy) is 3. The standard InChI is InChI=1S/C14H20N2O5/c15-5-1-2-14(18)16-7-10(17)8-19-11-3-4-12-13(6-11)21-9-20-12/h3-4,6,10,17H,1-2,5,7-9,15H2,(H,16,18). The molecule has 0 spiro atoms. The first-order chi connectivity index (χ1) is 10.2. The van der Waals surface area contributed by atoms with Crippen molar-refractivity contribution in [1.82, 2.24) is 5.32 Å². The van der Waals surface area contributed by atoms with E-state index in [2.05, 4.69) is 5.32 Å². The summed E-state index contributed by atoms with van der Waals surface area (Å²) in [6.07, 6.45) is 0.222. The van der Waals surface area contributed by atoms with Crippen LogP contribution in [0.25, 0.3) is 0 Å². The first-order valence-corrected chi connectivity index (χ1v) is 6.86. The van der Waals surface area contributed by atoms with Crippen LogP contribution in [0.4, 0.5) is 0 Å². The Morgan fingerprint density at radius 2 is 2.24 bits per heavy atom. The van der Waals surface area contributed by atoms with E-state index in [9.17, 15) is 9.90 Å². The average molecular weight is 296 g/mol. The molecule has 7 nitrogen and oxygen atoms in total. The van der Waals surface area contributed by atoms with Crippen molar-refractivity contribution in [2.24, 2.45) is 5.73 Å². The van der Waals surface area contributed by atoms with E-state index in [-0.39, 0.29) is 25.9 Å². The number of carbonyl (C=O) groups is 1. The van der Waals surface area contributed by atoms with Gasteiger partial charge in [-0.05, 0) is 25.1 Å². The van der Waals surface area contributed by atoms with E-state index >= 15 is 0 Å². The van der Waals surface area contributed by atoms with E-state index in [1.165, 1.54) is 0 Å². The number of nitrogens with one attached hydrogen (secondary N) is 1. The van der Waals surface area contributed by atoms with E-state index in [1.807, 2.05) is 0 Å². The lowest BCUT2D eigenvalue weighted by molar-refractivity contribution is -0.121. The van der Waals surface area contributed by atoms with Crippen molar-refractivity contribution in [3.8, 4) is 17.2 Å². The molecule has 2 rings (SSSR count). The van der Waals surface area contributed by atoms with Gasteiger partial charge in [0.05, 0.1) is 0 Å². The lowest BCUT2D eigenvalue weighted by Gasteiger charge is -2.13. The van der Waals surface area contributed by atoms with E-state index in [0.717, 1.165) is 0 Å². The zero-order valence-electron chi connectivity index (χ0n) is 11.7. The molecule has 1 aliphatic heterocycles. The van der Waals surface area contributed by atoms with Gasteiger partial charge in [0.25, 0.3) is 0 Å². The molecule has 1 aromatic carbocycles. The number of aliphatic hydroxyl groups excluding tert-OH is 1. The molecule has 1 amide bonds. The van der Waals surface area contributed by atoms with Gasteiger partial charge in [-0.2, -0.15) is 0 Å². The molecule has 1 heterocycles. The van der Waals surface area contributed by atoms with Gasteiger partial charge in [-0.3, -0.25) is 4.79 Å². The van der Waals surface area contributed by atoms with Crippen LogP contribution in [0.1, 0.15) is 12.8 Å². The number of carbonyl (C=O) groups excluding carboxylic acids is 1. The average Bonchev–Trinajstić information content (AvgIpc) is 2.96. The minimum atomic E-state index is -0.780. The summed E-state index contributed by atoms with van der Waals surface area (Å²) in [6, 6.07) is 5.19. The lowest BCUT2D eigenvalue weighted by atomic mass is 10.3. The number of aliphatic hydroxyl groups is 1. The molecule has 1 atom stereocenters. The Morgan fingerprint density at radius 3 is 3.05 bits per heavy atom. The Balaban J connectivity index is 1.69. The Labute approximate surface area is 123 Å². The van der Waals surface area contributed by atoms with Gasteiger partial charge >= 0.3 is 0 Å². The largest absolute Gasteiger partial charge is 0.491 e. The van der Waals surface area contributed by atoms with Crippen LogP contribution in [0.5, 0.6) is 17.2 Å². The molecule has 0 fully saturated rings. The van der Waals surface area contributed by atoms with E-state index in [4.69, 9.17) is 19.9 Å². The summed E-state index contributed by atoms with van der Waals surface area (Å²) in [5.74, 6) is 1.75. The number of amides is 1. The Morgan fingerprint density at radius 1 is 1.43 bits per heavy atom. The summed E-state index contributed by atoms with van der Waals surface area (Å²) >= 11 is 0. The van der Waals surface area contributed by atoms with Gasteiger partial charge in [0.1, 0.15) is 18.5 Å². The van der Waals surface area contributed by atoms with Crippen molar-refractivity contribution in [3.63, 3.8) is 0 Å². The highest BCUT2D eigenvalue weighted by Gasteiger charge is 2.14. The topological polar surface area (TPSA) is 103 Å². The van der Waals surface area contributed by atoms with Crippen molar-refractivity contribution >= 4 is 5.91 Å². The predicted molar refractivity (Wildman–Crippen MR) is 75.4 cm³/mol. The molecule has 0 bridgehead atoms. The summed E-state index contributed by atoms with van der Waals surface area (Å²) in [5.41, 5.74) is 5.32. The molecule has 1 aromatic rings. The second kappa shape index (κ2) is 7.70. The Hall–Kier alpha value is -1.99. The highest BCUT2D eigenvalue weighted by Crippen LogP contribution is 2.35. The van der Waals surface area contributed by atoms with E-state index in [0.29, 0.717) is 36.6 Å². The molecule has 7 heteroatoms. The highest BCUT2D eigenvalue weighted by molar-refractivity contribution is 5.75. The molecule has 116 valence electrons. The van der Waals surface area contributed by atoms with Gasteiger partial charge in [-0.25, -0.2) is 0 Å². The predicted octanol–water partition coefficient (Wildman–Crippen LogP) is 0.0101. The molecular weight excluding hydrogens is 276 g/mol. The minimum Gasteiger partial charge on any atom is -0.491 e. The Bertz CT molecular complexity index is 480. The van der Waals surface area contributed by atoms with E-state index < -0.39 is 6.10 Å². The van der Waals surface area contributed by atoms with Crippen LogP contribution in [0.15, 0.2) is 18.2 Å². The third kappa shape index (κ3) is 4.80.